The Hall–Kier alpha value is -0.730. The number of urea groups is 1. The third kappa shape index (κ3) is 3.89. The van der Waals surface area contributed by atoms with Crippen molar-refractivity contribution in [2.24, 2.45) is 5.92 Å². The van der Waals surface area contributed by atoms with Crippen molar-refractivity contribution in [3.63, 3.8) is 0 Å². The van der Waals surface area contributed by atoms with Crippen LogP contribution in [0.3, 0.4) is 0 Å². The van der Waals surface area contributed by atoms with Gasteiger partial charge in [-0.25, -0.2) is 4.79 Å². The quantitative estimate of drug-likeness (QED) is 0.751. The van der Waals surface area contributed by atoms with Crippen LogP contribution in [0.15, 0.2) is 0 Å². The molecule has 0 aromatic rings. The predicted molar refractivity (Wildman–Crippen MR) is 74.6 cm³/mol. The highest BCUT2D eigenvalue weighted by Gasteiger charge is 2.34. The number of hydrogen-bond acceptors (Lipinski definition) is 1. The molecule has 2 aliphatic rings. The Balaban J connectivity index is 1.89. The van der Waals surface area contributed by atoms with Gasteiger partial charge in [-0.1, -0.05) is 26.7 Å². The summed E-state index contributed by atoms with van der Waals surface area (Å²) >= 11 is 0. The molecule has 1 aliphatic heterocycles. The highest BCUT2D eigenvalue weighted by molar-refractivity contribution is 5.75. The highest BCUT2D eigenvalue weighted by Crippen LogP contribution is 2.29. The lowest BCUT2D eigenvalue weighted by Gasteiger charge is -2.30. The zero-order valence-corrected chi connectivity index (χ0v) is 12.0. The Labute approximate surface area is 112 Å². The van der Waals surface area contributed by atoms with E-state index in [1.54, 1.807) is 0 Å². The van der Waals surface area contributed by atoms with Crippen LogP contribution in [-0.4, -0.2) is 41.5 Å². The first-order chi connectivity index (χ1) is 8.68. The number of carbonyl (C=O) groups excluding carboxylic acids is 1. The topological polar surface area (TPSA) is 23.6 Å². The largest absolute Gasteiger partial charge is 0.325 e. The van der Waals surface area contributed by atoms with Gasteiger partial charge in [-0.3, -0.25) is 0 Å². The van der Waals surface area contributed by atoms with Gasteiger partial charge in [0.25, 0.3) is 0 Å². The molecular formula is C15H28N2O. The third-order valence-electron chi connectivity index (χ3n) is 4.06. The van der Waals surface area contributed by atoms with E-state index < -0.39 is 0 Å². The zero-order chi connectivity index (χ0) is 13.0. The maximum Gasteiger partial charge on any atom is 0.320 e. The standard InChI is InChI=1S/C15H28N2O/c1-13(2)9-12-17(14-7-8-14)15(18)16-10-5-3-4-6-11-16/h13-14H,3-12H2,1-2H3. The first-order valence-corrected chi connectivity index (χ1v) is 7.74. The van der Waals surface area contributed by atoms with Crippen LogP contribution < -0.4 is 0 Å². The fourth-order valence-electron chi connectivity index (χ4n) is 2.66. The van der Waals surface area contributed by atoms with Crippen LogP contribution >= 0.6 is 0 Å². The lowest BCUT2D eigenvalue weighted by molar-refractivity contribution is 0.149. The van der Waals surface area contributed by atoms with Crippen LogP contribution in [0.5, 0.6) is 0 Å². The minimum absolute atomic E-state index is 0.319. The molecule has 0 atom stereocenters. The Morgan fingerprint density at radius 2 is 1.78 bits per heavy atom. The molecule has 0 spiro atoms. The SMILES string of the molecule is CC(C)CCN(C(=O)N1CCCCCC1)C1CC1. The molecule has 1 saturated heterocycles. The van der Waals surface area contributed by atoms with Gasteiger partial charge in [-0.15, -0.1) is 0 Å². The maximum atomic E-state index is 12.6. The minimum Gasteiger partial charge on any atom is -0.325 e. The molecule has 1 aliphatic carbocycles. The summed E-state index contributed by atoms with van der Waals surface area (Å²) in [7, 11) is 0. The van der Waals surface area contributed by atoms with Crippen molar-refractivity contribution >= 4 is 6.03 Å². The summed E-state index contributed by atoms with van der Waals surface area (Å²) in [6.07, 6.45) is 8.53. The van der Waals surface area contributed by atoms with E-state index in [4.69, 9.17) is 0 Å². The molecular weight excluding hydrogens is 224 g/mol. The van der Waals surface area contributed by atoms with Gasteiger partial charge < -0.3 is 9.80 Å². The van der Waals surface area contributed by atoms with Crippen LogP contribution in [0, 0.1) is 5.92 Å². The second-order valence-electron chi connectivity index (χ2n) is 6.29. The van der Waals surface area contributed by atoms with Crippen molar-refractivity contribution in [2.45, 2.75) is 64.8 Å². The lowest BCUT2D eigenvalue weighted by Crippen LogP contribution is -2.45. The van der Waals surface area contributed by atoms with Gasteiger partial charge >= 0.3 is 6.03 Å². The van der Waals surface area contributed by atoms with Gasteiger partial charge in [0.05, 0.1) is 0 Å². The Morgan fingerprint density at radius 3 is 2.28 bits per heavy atom. The second-order valence-corrected chi connectivity index (χ2v) is 6.29. The van der Waals surface area contributed by atoms with Crippen LogP contribution in [0.2, 0.25) is 0 Å². The number of rotatable bonds is 4. The van der Waals surface area contributed by atoms with E-state index in [0.29, 0.717) is 18.0 Å². The molecule has 1 heterocycles. The Morgan fingerprint density at radius 1 is 1.17 bits per heavy atom. The van der Waals surface area contributed by atoms with Crippen LogP contribution in [-0.2, 0) is 0 Å². The summed E-state index contributed by atoms with van der Waals surface area (Å²) in [4.78, 5) is 16.9. The Kier molecular flexibility index (Phi) is 4.90. The Bertz CT molecular complexity index is 266. The summed E-state index contributed by atoms with van der Waals surface area (Å²) in [6.45, 7) is 7.38. The van der Waals surface area contributed by atoms with Gasteiger partial charge in [0.15, 0.2) is 0 Å². The number of hydrogen-bond donors (Lipinski definition) is 0. The van der Waals surface area contributed by atoms with Gasteiger partial charge in [-0.2, -0.15) is 0 Å². The summed E-state index contributed by atoms with van der Waals surface area (Å²) in [6, 6.07) is 0.875. The summed E-state index contributed by atoms with van der Waals surface area (Å²) in [5.41, 5.74) is 0. The normalized spacial score (nSPS) is 20.9. The van der Waals surface area contributed by atoms with Gasteiger partial charge in [0, 0.05) is 25.7 Å². The maximum absolute atomic E-state index is 12.6. The van der Waals surface area contributed by atoms with E-state index in [1.807, 2.05) is 0 Å². The lowest BCUT2D eigenvalue weighted by atomic mass is 10.1. The van der Waals surface area contributed by atoms with Crippen LogP contribution in [0.1, 0.15) is 58.8 Å². The molecule has 104 valence electrons. The average molecular weight is 252 g/mol. The minimum atomic E-state index is 0.319. The molecule has 18 heavy (non-hydrogen) atoms. The summed E-state index contributed by atoms with van der Waals surface area (Å²) < 4.78 is 0. The van der Waals surface area contributed by atoms with E-state index in [-0.39, 0.29) is 0 Å². The fraction of sp³-hybridized carbons (Fsp3) is 0.933. The number of amides is 2. The molecule has 2 fully saturated rings. The van der Waals surface area contributed by atoms with Crippen molar-refractivity contribution in [1.82, 2.24) is 9.80 Å². The third-order valence-corrected chi connectivity index (χ3v) is 4.06. The molecule has 0 radical (unpaired) electrons. The molecule has 2 amide bonds. The number of nitrogens with zero attached hydrogens (tertiary/aromatic N) is 2. The first-order valence-electron chi connectivity index (χ1n) is 7.74. The molecule has 3 nitrogen and oxygen atoms in total. The molecule has 0 N–H and O–H groups in total. The second kappa shape index (κ2) is 6.44. The number of likely N-dealkylation sites (tertiary alicyclic amines) is 1. The van der Waals surface area contributed by atoms with E-state index in [2.05, 4.69) is 23.6 Å². The molecule has 3 heteroatoms. The van der Waals surface area contributed by atoms with E-state index in [0.717, 1.165) is 26.1 Å². The van der Waals surface area contributed by atoms with Crippen molar-refractivity contribution in [3.8, 4) is 0 Å². The van der Waals surface area contributed by atoms with Gasteiger partial charge in [0.1, 0.15) is 0 Å². The molecule has 0 aromatic heterocycles. The van der Waals surface area contributed by atoms with Crippen molar-refractivity contribution in [1.29, 1.82) is 0 Å². The van der Waals surface area contributed by atoms with E-state index >= 15 is 0 Å². The van der Waals surface area contributed by atoms with Crippen LogP contribution in [0.25, 0.3) is 0 Å². The molecule has 0 bridgehead atoms. The fourth-order valence-corrected chi connectivity index (χ4v) is 2.66. The van der Waals surface area contributed by atoms with E-state index in [1.165, 1.54) is 38.5 Å². The summed E-state index contributed by atoms with van der Waals surface area (Å²) in [5, 5.41) is 0. The number of carbonyl (C=O) groups is 1. The van der Waals surface area contributed by atoms with Crippen molar-refractivity contribution < 1.29 is 4.79 Å². The smallest absolute Gasteiger partial charge is 0.320 e. The van der Waals surface area contributed by atoms with Gasteiger partial charge in [0.2, 0.25) is 0 Å². The summed E-state index contributed by atoms with van der Waals surface area (Å²) in [5.74, 6) is 0.684. The average Bonchev–Trinajstić information content (AvgIpc) is 3.15. The zero-order valence-electron chi connectivity index (χ0n) is 12.0. The van der Waals surface area contributed by atoms with Crippen molar-refractivity contribution in [3.05, 3.63) is 0 Å². The highest BCUT2D eigenvalue weighted by atomic mass is 16.2. The molecule has 0 aromatic carbocycles. The monoisotopic (exact) mass is 252 g/mol. The molecule has 1 saturated carbocycles. The van der Waals surface area contributed by atoms with Gasteiger partial charge in [-0.05, 0) is 38.0 Å². The first kappa shape index (κ1) is 13.7. The van der Waals surface area contributed by atoms with E-state index in [9.17, 15) is 4.79 Å². The van der Waals surface area contributed by atoms with Crippen LogP contribution in [0.4, 0.5) is 4.79 Å². The predicted octanol–water partition coefficient (Wildman–Crippen LogP) is 3.49. The molecule has 0 unspecified atom stereocenters. The molecule has 2 rings (SSSR count). The van der Waals surface area contributed by atoms with Crippen molar-refractivity contribution in [2.75, 3.05) is 19.6 Å².